The van der Waals surface area contributed by atoms with E-state index in [1.165, 1.54) is 0 Å². The minimum atomic E-state index is -0.515. The third-order valence-corrected chi connectivity index (χ3v) is 2.40. The van der Waals surface area contributed by atoms with Crippen LogP contribution in [0, 0.1) is 11.8 Å². The van der Waals surface area contributed by atoms with Gasteiger partial charge in [0.1, 0.15) is 0 Å². The van der Waals surface area contributed by atoms with Crippen molar-refractivity contribution in [1.82, 2.24) is 5.32 Å². The highest BCUT2D eigenvalue weighted by Crippen LogP contribution is 2.04. The second kappa shape index (κ2) is 10.0. The summed E-state index contributed by atoms with van der Waals surface area (Å²) >= 11 is 0. The highest BCUT2D eigenvalue weighted by atomic mass is 35.5. The van der Waals surface area contributed by atoms with E-state index in [0.717, 1.165) is 0 Å². The fourth-order valence-electron chi connectivity index (χ4n) is 1.43. The molecule has 0 fully saturated rings. The highest BCUT2D eigenvalue weighted by molar-refractivity contribution is 5.85. The van der Waals surface area contributed by atoms with Gasteiger partial charge >= 0.3 is 5.97 Å². The van der Waals surface area contributed by atoms with Crippen LogP contribution in [0.25, 0.3) is 0 Å². The van der Waals surface area contributed by atoms with Gasteiger partial charge in [0.15, 0.2) is 0 Å². The zero-order valence-electron chi connectivity index (χ0n) is 12.4. The van der Waals surface area contributed by atoms with Crippen LogP contribution < -0.4 is 11.1 Å². The molecular formula is C13H27ClN2O3. The van der Waals surface area contributed by atoms with Crippen LogP contribution in [0.15, 0.2) is 0 Å². The second-order valence-electron chi connectivity index (χ2n) is 5.37. The predicted octanol–water partition coefficient (Wildman–Crippen LogP) is 1.49. The van der Waals surface area contributed by atoms with Crippen LogP contribution in [-0.4, -0.2) is 30.6 Å². The molecular weight excluding hydrogens is 268 g/mol. The van der Waals surface area contributed by atoms with Gasteiger partial charge < -0.3 is 15.8 Å². The van der Waals surface area contributed by atoms with Crippen molar-refractivity contribution in [3.8, 4) is 0 Å². The molecule has 0 aromatic carbocycles. The SMILES string of the molecule is CC(C)C[C@H](N)C(=O)NCC(C)C(=O)OC(C)C.Cl. The lowest BCUT2D eigenvalue weighted by molar-refractivity contribution is -0.151. The predicted molar refractivity (Wildman–Crippen MR) is 78.1 cm³/mol. The lowest BCUT2D eigenvalue weighted by Crippen LogP contribution is -2.43. The van der Waals surface area contributed by atoms with Crippen molar-refractivity contribution in [1.29, 1.82) is 0 Å². The van der Waals surface area contributed by atoms with Crippen molar-refractivity contribution in [3.05, 3.63) is 0 Å². The summed E-state index contributed by atoms with van der Waals surface area (Å²) in [5, 5.41) is 2.68. The van der Waals surface area contributed by atoms with E-state index in [4.69, 9.17) is 10.5 Å². The van der Waals surface area contributed by atoms with E-state index in [0.29, 0.717) is 12.3 Å². The number of nitrogens with one attached hydrogen (secondary N) is 1. The molecule has 3 N–H and O–H groups in total. The second-order valence-corrected chi connectivity index (χ2v) is 5.37. The number of amides is 1. The zero-order valence-corrected chi connectivity index (χ0v) is 13.3. The zero-order chi connectivity index (χ0) is 14.3. The number of nitrogens with two attached hydrogens (primary N) is 1. The topological polar surface area (TPSA) is 81.4 Å². The van der Waals surface area contributed by atoms with Crippen LogP contribution >= 0.6 is 12.4 Å². The molecule has 5 nitrogen and oxygen atoms in total. The third kappa shape index (κ3) is 9.73. The average Bonchev–Trinajstić information content (AvgIpc) is 2.23. The molecule has 1 unspecified atom stereocenters. The van der Waals surface area contributed by atoms with E-state index in [1.54, 1.807) is 20.8 Å². The first kappa shape index (κ1) is 20.5. The Morgan fingerprint density at radius 1 is 1.16 bits per heavy atom. The maximum atomic E-state index is 11.6. The summed E-state index contributed by atoms with van der Waals surface area (Å²) in [6.07, 6.45) is 0.496. The lowest BCUT2D eigenvalue weighted by atomic mass is 10.0. The van der Waals surface area contributed by atoms with Crippen LogP contribution in [0.3, 0.4) is 0 Å². The molecule has 0 saturated heterocycles. The molecule has 0 heterocycles. The van der Waals surface area contributed by atoms with Crippen molar-refractivity contribution in [2.75, 3.05) is 6.54 Å². The standard InChI is InChI=1S/C13H26N2O3.ClH/c1-8(2)6-11(14)12(16)15-7-10(5)13(17)18-9(3)4;/h8-11H,6-7,14H2,1-5H3,(H,15,16);1H/t10?,11-;/m0./s1. The number of halogens is 1. The Labute approximate surface area is 122 Å². The van der Waals surface area contributed by atoms with Gasteiger partial charge in [-0.15, -0.1) is 12.4 Å². The van der Waals surface area contributed by atoms with Crippen LogP contribution in [0.2, 0.25) is 0 Å². The van der Waals surface area contributed by atoms with Crippen molar-refractivity contribution in [2.24, 2.45) is 17.6 Å². The summed E-state index contributed by atoms with van der Waals surface area (Å²) < 4.78 is 5.05. The number of hydrogen-bond acceptors (Lipinski definition) is 4. The van der Waals surface area contributed by atoms with Gasteiger partial charge in [-0.3, -0.25) is 9.59 Å². The minimum Gasteiger partial charge on any atom is -0.463 e. The van der Waals surface area contributed by atoms with E-state index >= 15 is 0 Å². The van der Waals surface area contributed by atoms with Gasteiger partial charge in [0, 0.05) is 6.54 Å². The fourth-order valence-corrected chi connectivity index (χ4v) is 1.43. The van der Waals surface area contributed by atoms with Gasteiger partial charge in [0.2, 0.25) is 5.91 Å². The average molecular weight is 295 g/mol. The quantitative estimate of drug-likeness (QED) is 0.697. The summed E-state index contributed by atoms with van der Waals surface area (Å²) in [7, 11) is 0. The molecule has 2 atom stereocenters. The lowest BCUT2D eigenvalue weighted by Gasteiger charge is -2.17. The molecule has 0 aromatic rings. The maximum absolute atomic E-state index is 11.6. The Balaban J connectivity index is 0. The Hall–Kier alpha value is -0.810. The van der Waals surface area contributed by atoms with Crippen molar-refractivity contribution in [3.63, 3.8) is 0 Å². The first-order valence-corrected chi connectivity index (χ1v) is 6.47. The number of ether oxygens (including phenoxy) is 1. The monoisotopic (exact) mass is 294 g/mol. The molecule has 0 aliphatic carbocycles. The Bertz CT molecular complexity index is 283. The summed E-state index contributed by atoms with van der Waals surface area (Å²) in [6, 6.07) is -0.515. The van der Waals surface area contributed by atoms with E-state index in [-0.39, 0.29) is 42.9 Å². The number of carbonyl (C=O) groups excluding carboxylic acids is 2. The van der Waals surface area contributed by atoms with Crippen molar-refractivity contribution >= 4 is 24.3 Å². The third-order valence-electron chi connectivity index (χ3n) is 2.40. The molecule has 114 valence electrons. The maximum Gasteiger partial charge on any atom is 0.310 e. The summed E-state index contributed by atoms with van der Waals surface area (Å²) in [5.74, 6) is -0.507. The van der Waals surface area contributed by atoms with Crippen molar-refractivity contribution in [2.45, 2.75) is 53.2 Å². The molecule has 0 saturated carbocycles. The largest absolute Gasteiger partial charge is 0.463 e. The van der Waals surface area contributed by atoms with Gasteiger partial charge in [0.05, 0.1) is 18.1 Å². The van der Waals surface area contributed by atoms with Gasteiger partial charge in [-0.2, -0.15) is 0 Å². The summed E-state index contributed by atoms with van der Waals surface area (Å²) in [5.41, 5.74) is 5.73. The van der Waals surface area contributed by atoms with Crippen LogP contribution in [0.4, 0.5) is 0 Å². The first-order valence-electron chi connectivity index (χ1n) is 6.47. The van der Waals surface area contributed by atoms with E-state index < -0.39 is 6.04 Å². The fraction of sp³-hybridized carbons (Fsp3) is 0.846. The van der Waals surface area contributed by atoms with E-state index in [1.807, 2.05) is 13.8 Å². The van der Waals surface area contributed by atoms with Crippen LogP contribution in [0.1, 0.15) is 41.0 Å². The number of hydrogen-bond donors (Lipinski definition) is 2. The van der Waals surface area contributed by atoms with Crippen molar-refractivity contribution < 1.29 is 14.3 Å². The minimum absolute atomic E-state index is 0. The van der Waals surface area contributed by atoms with Gasteiger partial charge in [-0.25, -0.2) is 0 Å². The molecule has 0 aliphatic rings. The molecule has 0 aliphatic heterocycles. The highest BCUT2D eigenvalue weighted by Gasteiger charge is 2.19. The summed E-state index contributed by atoms with van der Waals surface area (Å²) in [6.45, 7) is 9.59. The van der Waals surface area contributed by atoms with Gasteiger partial charge in [-0.1, -0.05) is 20.8 Å². The first-order chi connectivity index (χ1) is 8.23. The molecule has 0 spiro atoms. The molecule has 6 heteroatoms. The summed E-state index contributed by atoms with van der Waals surface area (Å²) in [4.78, 5) is 23.1. The molecule has 0 aromatic heterocycles. The normalized spacial score (nSPS) is 13.7. The Kier molecular flexibility index (Phi) is 10.8. The Morgan fingerprint density at radius 2 is 1.68 bits per heavy atom. The number of rotatable bonds is 7. The molecule has 0 rings (SSSR count). The molecule has 0 bridgehead atoms. The van der Waals surface area contributed by atoms with E-state index in [2.05, 4.69) is 5.32 Å². The van der Waals surface area contributed by atoms with E-state index in [9.17, 15) is 9.59 Å². The molecule has 19 heavy (non-hydrogen) atoms. The Morgan fingerprint density at radius 3 is 2.11 bits per heavy atom. The van der Waals surface area contributed by atoms with Crippen LogP contribution in [0.5, 0.6) is 0 Å². The van der Waals surface area contributed by atoms with Crippen LogP contribution in [-0.2, 0) is 14.3 Å². The smallest absolute Gasteiger partial charge is 0.310 e. The molecule has 0 radical (unpaired) electrons. The number of carbonyl (C=O) groups is 2. The molecule has 1 amide bonds. The van der Waals surface area contributed by atoms with Gasteiger partial charge in [0.25, 0.3) is 0 Å². The number of esters is 1. The van der Waals surface area contributed by atoms with Gasteiger partial charge in [-0.05, 0) is 26.2 Å².